The lowest BCUT2D eigenvalue weighted by Gasteiger charge is -2.13. The predicted molar refractivity (Wildman–Crippen MR) is 128 cm³/mol. The van der Waals surface area contributed by atoms with Crippen molar-refractivity contribution in [3.63, 3.8) is 0 Å². The molecule has 10 nitrogen and oxygen atoms in total. The van der Waals surface area contributed by atoms with Crippen molar-refractivity contribution in [1.82, 2.24) is 5.43 Å². The fourth-order valence-electron chi connectivity index (χ4n) is 3.08. The second-order valence-electron chi connectivity index (χ2n) is 7.18. The minimum atomic E-state index is -1.02. The van der Waals surface area contributed by atoms with Gasteiger partial charge in [-0.1, -0.05) is 41.9 Å². The third-order valence-electron chi connectivity index (χ3n) is 4.78. The maximum Gasteiger partial charge on any atom is 0.335 e. The summed E-state index contributed by atoms with van der Waals surface area (Å²) in [6.07, 6.45) is 1.14. The molecule has 0 aliphatic rings. The molecule has 0 spiro atoms. The molecule has 11 heteroatoms. The number of nitrogens with zero attached hydrogens (tertiary/aromatic N) is 2. The summed E-state index contributed by atoms with van der Waals surface area (Å²) in [7, 11) is 1.44. The van der Waals surface area contributed by atoms with Gasteiger partial charge in [0.2, 0.25) is 5.91 Å². The average Bonchev–Trinajstić information content (AvgIpc) is 2.83. The highest BCUT2D eigenvalue weighted by Crippen LogP contribution is 2.36. The molecule has 0 aliphatic carbocycles. The van der Waals surface area contributed by atoms with Crippen LogP contribution in [0.4, 0.5) is 5.69 Å². The Morgan fingerprint density at radius 1 is 1.17 bits per heavy atom. The lowest BCUT2D eigenvalue weighted by Crippen LogP contribution is -2.20. The second-order valence-corrected chi connectivity index (χ2v) is 7.59. The van der Waals surface area contributed by atoms with E-state index in [1.54, 1.807) is 30.3 Å². The maximum atomic E-state index is 12.1. The van der Waals surface area contributed by atoms with Crippen molar-refractivity contribution in [3.05, 3.63) is 98.1 Å². The molecule has 0 saturated carbocycles. The molecule has 0 saturated heterocycles. The van der Waals surface area contributed by atoms with Crippen molar-refractivity contribution in [2.24, 2.45) is 5.10 Å². The van der Waals surface area contributed by atoms with E-state index in [9.17, 15) is 19.7 Å². The molecule has 35 heavy (non-hydrogen) atoms. The van der Waals surface area contributed by atoms with Crippen LogP contribution >= 0.6 is 11.6 Å². The van der Waals surface area contributed by atoms with Crippen LogP contribution in [0.3, 0.4) is 0 Å². The second kappa shape index (κ2) is 11.6. The Hall–Kier alpha value is -4.44. The largest absolute Gasteiger partial charge is 0.493 e. The molecule has 1 amide bonds. The number of hydrogen-bond acceptors (Lipinski definition) is 7. The number of para-hydroxylation sites is 1. The number of nitrogens with one attached hydrogen (secondary N) is 1. The van der Waals surface area contributed by atoms with E-state index in [-0.39, 0.29) is 40.6 Å². The van der Waals surface area contributed by atoms with E-state index in [4.69, 9.17) is 26.2 Å². The van der Waals surface area contributed by atoms with Gasteiger partial charge in [0.05, 0.1) is 35.3 Å². The van der Waals surface area contributed by atoms with Crippen LogP contribution in [0.1, 0.15) is 27.0 Å². The number of nitro groups is 1. The van der Waals surface area contributed by atoms with Crippen molar-refractivity contribution < 1.29 is 29.1 Å². The summed E-state index contributed by atoms with van der Waals surface area (Å²) in [6, 6.07) is 15.4. The van der Waals surface area contributed by atoms with Gasteiger partial charge in [-0.05, 0) is 35.4 Å². The lowest BCUT2D eigenvalue weighted by molar-refractivity contribution is -0.385. The number of hydrogen-bond donors (Lipinski definition) is 2. The molecule has 3 aromatic carbocycles. The van der Waals surface area contributed by atoms with Crippen LogP contribution in [0.15, 0.2) is 65.8 Å². The summed E-state index contributed by atoms with van der Waals surface area (Å²) in [4.78, 5) is 33.6. The minimum Gasteiger partial charge on any atom is -0.493 e. The number of ether oxygens (including phenoxy) is 2. The molecule has 2 N–H and O–H groups in total. The summed E-state index contributed by atoms with van der Waals surface area (Å²) < 4.78 is 11.1. The number of carboxylic acid groups (broad SMARTS) is 1. The quantitative estimate of drug-likeness (QED) is 0.242. The Bertz CT molecular complexity index is 1280. The van der Waals surface area contributed by atoms with E-state index < -0.39 is 16.8 Å². The number of benzene rings is 3. The van der Waals surface area contributed by atoms with Crippen LogP contribution in [-0.4, -0.2) is 35.2 Å². The van der Waals surface area contributed by atoms with Gasteiger partial charge < -0.3 is 14.6 Å². The molecular weight excluding hydrogens is 478 g/mol. The highest BCUT2D eigenvalue weighted by molar-refractivity contribution is 6.32. The van der Waals surface area contributed by atoms with Gasteiger partial charge in [0, 0.05) is 11.6 Å². The molecule has 0 bridgehead atoms. The van der Waals surface area contributed by atoms with E-state index in [2.05, 4.69) is 10.5 Å². The van der Waals surface area contributed by atoms with Gasteiger partial charge in [-0.2, -0.15) is 5.10 Å². The monoisotopic (exact) mass is 497 g/mol. The van der Waals surface area contributed by atoms with Gasteiger partial charge in [0.25, 0.3) is 5.69 Å². The zero-order valence-electron chi connectivity index (χ0n) is 18.4. The van der Waals surface area contributed by atoms with Gasteiger partial charge in [-0.15, -0.1) is 0 Å². The molecule has 0 radical (unpaired) electrons. The van der Waals surface area contributed by atoms with Crippen LogP contribution in [0.25, 0.3) is 0 Å². The number of halogens is 1. The van der Waals surface area contributed by atoms with Gasteiger partial charge in [-0.25, -0.2) is 10.2 Å². The predicted octanol–water partition coefficient (Wildman–Crippen LogP) is 4.23. The fraction of sp³-hybridized carbons (Fsp3) is 0.125. The molecule has 0 fully saturated rings. The third kappa shape index (κ3) is 6.78. The molecule has 0 atom stereocenters. The summed E-state index contributed by atoms with van der Waals surface area (Å²) in [5.41, 5.74) is 3.87. The number of carbonyl (C=O) groups excluding carboxylic acids is 1. The zero-order chi connectivity index (χ0) is 25.4. The van der Waals surface area contributed by atoms with Crippen LogP contribution in [0.5, 0.6) is 11.5 Å². The number of hydrazone groups is 1. The molecule has 0 heterocycles. The first kappa shape index (κ1) is 25.2. The number of carboxylic acids is 1. The van der Waals surface area contributed by atoms with Gasteiger partial charge >= 0.3 is 5.97 Å². The fourth-order valence-corrected chi connectivity index (χ4v) is 3.36. The Morgan fingerprint density at radius 2 is 1.89 bits per heavy atom. The maximum absolute atomic E-state index is 12.1. The smallest absolute Gasteiger partial charge is 0.335 e. The average molecular weight is 498 g/mol. The Morgan fingerprint density at radius 3 is 2.54 bits per heavy atom. The van der Waals surface area contributed by atoms with Crippen LogP contribution < -0.4 is 14.9 Å². The Labute approximate surface area is 204 Å². The normalized spacial score (nSPS) is 10.7. The summed E-state index contributed by atoms with van der Waals surface area (Å²) in [6.45, 7) is 0.130. The number of carbonyl (C=O) groups is 2. The van der Waals surface area contributed by atoms with E-state index in [1.165, 1.54) is 43.7 Å². The topological polar surface area (TPSA) is 140 Å². The van der Waals surface area contributed by atoms with Crippen molar-refractivity contribution in [3.8, 4) is 11.5 Å². The van der Waals surface area contributed by atoms with Crippen LogP contribution in [0.2, 0.25) is 5.02 Å². The molecule has 0 aliphatic heterocycles. The van der Waals surface area contributed by atoms with Gasteiger partial charge in [0.1, 0.15) is 6.61 Å². The molecular formula is C24H20ClN3O7. The third-order valence-corrected chi connectivity index (χ3v) is 5.06. The number of amides is 1. The van der Waals surface area contributed by atoms with E-state index >= 15 is 0 Å². The molecule has 0 unspecified atom stereocenters. The minimum absolute atomic E-state index is 0.130. The van der Waals surface area contributed by atoms with Crippen molar-refractivity contribution >= 4 is 35.4 Å². The SMILES string of the molecule is COc1cc(C=NNC(=O)Cc2ccccc2[N+](=O)[O-])cc(Cl)c1OCc1ccc(C(=O)O)cc1. The highest BCUT2D eigenvalue weighted by atomic mass is 35.5. The van der Waals surface area contributed by atoms with E-state index in [1.807, 2.05) is 0 Å². The number of methoxy groups -OCH3 is 1. The van der Waals surface area contributed by atoms with E-state index in [0.717, 1.165) is 5.56 Å². The zero-order valence-corrected chi connectivity index (χ0v) is 19.2. The number of aromatic carboxylic acids is 1. The number of nitro benzene ring substituents is 1. The standard InChI is InChI=1S/C24H20ClN3O7/c1-34-21-11-16(13-26-27-22(29)12-18-4-2-3-5-20(18)28(32)33)10-19(25)23(21)35-14-15-6-8-17(9-7-15)24(30)31/h2-11,13H,12,14H2,1H3,(H,27,29)(H,30,31). The van der Waals surface area contributed by atoms with Crippen LogP contribution in [-0.2, 0) is 17.8 Å². The summed E-state index contributed by atoms with van der Waals surface area (Å²) >= 11 is 6.35. The molecule has 3 rings (SSSR count). The van der Waals surface area contributed by atoms with Crippen molar-refractivity contribution in [1.29, 1.82) is 0 Å². The Balaban J connectivity index is 1.64. The first-order valence-electron chi connectivity index (χ1n) is 10.1. The summed E-state index contributed by atoms with van der Waals surface area (Å²) in [5, 5.41) is 24.2. The number of rotatable bonds is 10. The van der Waals surface area contributed by atoms with Crippen molar-refractivity contribution in [2.45, 2.75) is 13.0 Å². The Kier molecular flexibility index (Phi) is 8.36. The molecule has 3 aromatic rings. The first-order chi connectivity index (χ1) is 16.8. The van der Waals surface area contributed by atoms with Crippen LogP contribution in [0, 0.1) is 10.1 Å². The molecule has 180 valence electrons. The highest BCUT2D eigenvalue weighted by Gasteiger charge is 2.15. The van der Waals surface area contributed by atoms with Gasteiger partial charge in [-0.3, -0.25) is 14.9 Å². The lowest BCUT2D eigenvalue weighted by atomic mass is 10.1. The first-order valence-corrected chi connectivity index (χ1v) is 10.5. The molecule has 0 aromatic heterocycles. The summed E-state index contributed by atoms with van der Waals surface area (Å²) in [5.74, 6) is -0.930. The van der Waals surface area contributed by atoms with Crippen molar-refractivity contribution in [2.75, 3.05) is 7.11 Å². The van der Waals surface area contributed by atoms with E-state index in [0.29, 0.717) is 11.3 Å². The van der Waals surface area contributed by atoms with Gasteiger partial charge in [0.15, 0.2) is 11.5 Å².